The zero-order valence-electron chi connectivity index (χ0n) is 34.3. The Bertz CT molecular complexity index is 2270. The van der Waals surface area contributed by atoms with E-state index in [1.165, 1.54) is 23.3 Å². The number of carbonyl (C=O) groups excluding carboxylic acids is 2. The van der Waals surface area contributed by atoms with Crippen molar-refractivity contribution in [3.05, 3.63) is 149 Å². The third kappa shape index (κ3) is 13.0. The number of rotatable bonds is 20. The monoisotopic (exact) mass is 866 g/mol. The molecule has 0 aliphatic carbocycles. The maximum Gasteiger partial charge on any atom is 0.264 e. The first kappa shape index (κ1) is 45.0. The second-order valence-corrected chi connectivity index (χ2v) is 19.0. The summed E-state index contributed by atoms with van der Waals surface area (Å²) in [5.41, 5.74) is 6.30. The lowest BCUT2D eigenvalue weighted by atomic mass is 9.88. The number of aliphatic hydroxyl groups is 1. The molecule has 1 aliphatic rings. The van der Waals surface area contributed by atoms with Crippen LogP contribution in [0.25, 0.3) is 11.1 Å². The van der Waals surface area contributed by atoms with E-state index in [4.69, 9.17) is 11.6 Å². The van der Waals surface area contributed by atoms with E-state index in [0.717, 1.165) is 78.5 Å². The van der Waals surface area contributed by atoms with Gasteiger partial charge in [-0.3, -0.25) is 9.69 Å². The topological polar surface area (TPSA) is 119 Å². The SMILES string of the molecule is CN(C)CC[C@H](CSc1ccccc1)Nc1ccc(S(=O)(=O)NC(=O)c2ccc(C3CCN(Cc4ccccc4-c4ccc(Cl)cc4)CC3)cc2)cc1CC(O)CCC=O. The molecule has 1 heterocycles. The number of nitrogens with zero attached hydrogens (tertiary/aromatic N) is 2. The minimum Gasteiger partial charge on any atom is -0.393 e. The normalized spacial score (nSPS) is 14.8. The highest BCUT2D eigenvalue weighted by Crippen LogP contribution is 2.32. The number of benzene rings is 5. The molecule has 1 saturated heterocycles. The van der Waals surface area contributed by atoms with Gasteiger partial charge in [0.15, 0.2) is 0 Å². The van der Waals surface area contributed by atoms with E-state index in [0.29, 0.717) is 17.2 Å². The number of thioether (sulfide) groups is 1. The van der Waals surface area contributed by atoms with Crippen LogP contribution in [0.15, 0.2) is 131 Å². The molecule has 0 bridgehead atoms. The van der Waals surface area contributed by atoms with Gasteiger partial charge in [0.05, 0.1) is 11.0 Å². The molecule has 12 heteroatoms. The fourth-order valence-electron chi connectivity index (χ4n) is 7.59. The first-order valence-corrected chi connectivity index (χ1v) is 23.4. The standard InChI is InChI=1S/C48H55ClN4O5S2/c1-52(2)27-26-42(34-59-44-11-4-3-5-12-44)50-47-23-22-45(32-40(47)31-43(55)10-8-30-54)60(57,58)51-48(56)38-16-14-35(15-17-38)36-24-28-53(29-25-36)33-39-9-6-7-13-46(39)37-18-20-41(49)21-19-37/h3-7,9,11-23,30,32,36,42-43,50,55H,8,10,24-29,31,33-34H2,1-2H3,(H,51,56)/t42-,43?/m1/s1. The van der Waals surface area contributed by atoms with Gasteiger partial charge in [0, 0.05) is 52.4 Å². The fourth-order valence-corrected chi connectivity index (χ4v) is 9.73. The highest BCUT2D eigenvalue weighted by atomic mass is 35.5. The molecule has 60 heavy (non-hydrogen) atoms. The Morgan fingerprint density at radius 2 is 1.60 bits per heavy atom. The molecular weight excluding hydrogens is 812 g/mol. The lowest BCUT2D eigenvalue weighted by Crippen LogP contribution is -2.32. The lowest BCUT2D eigenvalue weighted by Gasteiger charge is -2.32. The second-order valence-electron chi connectivity index (χ2n) is 15.7. The van der Waals surface area contributed by atoms with Crippen LogP contribution in [0.5, 0.6) is 0 Å². The Kier molecular flexibility index (Phi) is 16.4. The predicted octanol–water partition coefficient (Wildman–Crippen LogP) is 8.91. The van der Waals surface area contributed by atoms with Crippen molar-refractivity contribution in [3.63, 3.8) is 0 Å². The Labute approximate surface area is 364 Å². The van der Waals surface area contributed by atoms with Gasteiger partial charge in [-0.2, -0.15) is 0 Å². The summed E-state index contributed by atoms with van der Waals surface area (Å²) in [5.74, 6) is 0.382. The molecule has 0 radical (unpaired) electrons. The summed E-state index contributed by atoms with van der Waals surface area (Å²) in [6, 6.07) is 38.6. The molecule has 5 aromatic carbocycles. The van der Waals surface area contributed by atoms with Gasteiger partial charge in [-0.05, 0) is 148 Å². The van der Waals surface area contributed by atoms with Crippen molar-refractivity contribution in [2.45, 2.75) is 72.9 Å². The number of aldehydes is 1. The molecule has 9 nitrogen and oxygen atoms in total. The third-order valence-corrected chi connectivity index (χ3v) is 13.7. The van der Waals surface area contributed by atoms with Crippen molar-refractivity contribution in [3.8, 4) is 11.1 Å². The summed E-state index contributed by atoms with van der Waals surface area (Å²) in [6.07, 6.45) is 3.26. The number of aliphatic hydroxyl groups excluding tert-OH is 1. The number of anilines is 1. The number of piperidine rings is 1. The third-order valence-electron chi connectivity index (χ3n) is 11.0. The van der Waals surface area contributed by atoms with E-state index in [9.17, 15) is 23.1 Å². The largest absolute Gasteiger partial charge is 0.393 e. The van der Waals surface area contributed by atoms with Crippen LogP contribution < -0.4 is 10.0 Å². The first-order chi connectivity index (χ1) is 29.0. The number of sulfonamides is 1. The highest BCUT2D eigenvalue weighted by Gasteiger charge is 2.25. The number of nitrogens with one attached hydrogen (secondary N) is 2. The van der Waals surface area contributed by atoms with Crippen LogP contribution in [0.3, 0.4) is 0 Å². The maximum absolute atomic E-state index is 13.7. The van der Waals surface area contributed by atoms with Gasteiger partial charge in [-0.15, -0.1) is 11.8 Å². The van der Waals surface area contributed by atoms with E-state index in [1.807, 2.05) is 56.6 Å². The van der Waals surface area contributed by atoms with Crippen LogP contribution in [0, 0.1) is 0 Å². The van der Waals surface area contributed by atoms with Gasteiger partial charge in [-0.25, -0.2) is 13.1 Å². The molecule has 3 N–H and O–H groups in total. The van der Waals surface area contributed by atoms with Gasteiger partial charge in [0.25, 0.3) is 15.9 Å². The summed E-state index contributed by atoms with van der Waals surface area (Å²) in [7, 11) is -0.223. The summed E-state index contributed by atoms with van der Waals surface area (Å²) in [5, 5.41) is 15.2. The van der Waals surface area contributed by atoms with Crippen molar-refractivity contribution in [1.82, 2.24) is 14.5 Å². The van der Waals surface area contributed by atoms with Crippen molar-refractivity contribution in [2.75, 3.05) is 44.8 Å². The Morgan fingerprint density at radius 1 is 0.900 bits per heavy atom. The van der Waals surface area contributed by atoms with E-state index >= 15 is 0 Å². The van der Waals surface area contributed by atoms with Crippen LogP contribution in [0.4, 0.5) is 5.69 Å². The van der Waals surface area contributed by atoms with Crippen LogP contribution in [0.1, 0.15) is 65.1 Å². The molecule has 1 unspecified atom stereocenters. The molecule has 2 atom stereocenters. The van der Waals surface area contributed by atoms with Crippen LogP contribution in [-0.2, 0) is 27.8 Å². The molecule has 0 spiro atoms. The quantitative estimate of drug-likeness (QED) is 0.0521. The molecule has 1 fully saturated rings. The van der Waals surface area contributed by atoms with Crippen molar-refractivity contribution in [2.24, 2.45) is 0 Å². The van der Waals surface area contributed by atoms with Crippen molar-refractivity contribution < 1.29 is 23.1 Å². The van der Waals surface area contributed by atoms with E-state index in [1.54, 1.807) is 30.0 Å². The molecule has 1 aliphatic heterocycles. The number of carbonyl (C=O) groups is 2. The molecular formula is C48H55ClN4O5S2. The average Bonchev–Trinajstić information content (AvgIpc) is 3.25. The zero-order valence-corrected chi connectivity index (χ0v) is 36.7. The van der Waals surface area contributed by atoms with E-state index in [-0.39, 0.29) is 35.8 Å². The fraction of sp³-hybridized carbons (Fsp3) is 0.333. The lowest BCUT2D eigenvalue weighted by molar-refractivity contribution is -0.108. The summed E-state index contributed by atoms with van der Waals surface area (Å²) in [4.78, 5) is 30.1. The zero-order chi connectivity index (χ0) is 42.5. The summed E-state index contributed by atoms with van der Waals surface area (Å²) in [6.45, 7) is 3.57. The molecule has 0 aromatic heterocycles. The summed E-state index contributed by atoms with van der Waals surface area (Å²) < 4.78 is 29.7. The Hall–Kier alpha value is -4.49. The molecule has 6 rings (SSSR count). The van der Waals surface area contributed by atoms with E-state index < -0.39 is 22.0 Å². The van der Waals surface area contributed by atoms with Gasteiger partial charge in [0.2, 0.25) is 0 Å². The number of hydrogen-bond acceptors (Lipinski definition) is 9. The van der Waals surface area contributed by atoms with Gasteiger partial charge in [-0.1, -0.05) is 78.3 Å². The number of amides is 1. The van der Waals surface area contributed by atoms with Crippen LogP contribution in [0.2, 0.25) is 5.02 Å². The molecule has 5 aromatic rings. The van der Waals surface area contributed by atoms with E-state index in [2.05, 4.69) is 68.4 Å². The van der Waals surface area contributed by atoms with Crippen LogP contribution >= 0.6 is 23.4 Å². The van der Waals surface area contributed by atoms with Gasteiger partial charge in [0.1, 0.15) is 6.29 Å². The minimum atomic E-state index is -4.27. The Morgan fingerprint density at radius 3 is 2.30 bits per heavy atom. The van der Waals surface area contributed by atoms with Gasteiger partial charge < -0.3 is 20.1 Å². The maximum atomic E-state index is 13.7. The van der Waals surface area contributed by atoms with Gasteiger partial charge >= 0.3 is 0 Å². The predicted molar refractivity (Wildman–Crippen MR) is 244 cm³/mol. The molecule has 0 saturated carbocycles. The highest BCUT2D eigenvalue weighted by molar-refractivity contribution is 7.99. The second kappa shape index (κ2) is 21.9. The van der Waals surface area contributed by atoms with Crippen molar-refractivity contribution in [1.29, 1.82) is 0 Å². The molecule has 316 valence electrons. The Balaban J connectivity index is 1.09. The number of hydrogen-bond donors (Lipinski definition) is 3. The number of likely N-dealkylation sites (tertiary alicyclic amines) is 1. The number of halogens is 1. The van der Waals surface area contributed by atoms with Crippen LogP contribution in [-0.4, -0.2) is 87.1 Å². The first-order valence-electron chi connectivity index (χ1n) is 20.5. The van der Waals surface area contributed by atoms with Crippen molar-refractivity contribution >= 4 is 51.3 Å². The summed E-state index contributed by atoms with van der Waals surface area (Å²) >= 11 is 7.87. The minimum absolute atomic E-state index is 0.0319. The average molecular weight is 868 g/mol. The smallest absolute Gasteiger partial charge is 0.264 e. The molecule has 1 amide bonds.